The Balaban J connectivity index is 0.000000667. The van der Waals surface area contributed by atoms with Crippen molar-refractivity contribution in [1.29, 1.82) is 0 Å². The zero-order valence-corrected chi connectivity index (χ0v) is 89.3. The minimum atomic E-state index is -0.836. The summed E-state index contributed by atoms with van der Waals surface area (Å²) in [6.45, 7) is 44.5. The van der Waals surface area contributed by atoms with E-state index in [2.05, 4.69) is 301 Å². The van der Waals surface area contributed by atoms with E-state index in [0.29, 0.717) is 0 Å². The van der Waals surface area contributed by atoms with Crippen LogP contribution >= 0.6 is 0 Å². The third-order valence-electron chi connectivity index (χ3n) is 44.6. The SMILES string of the molecule is CC(C)(C)c1ccc(C23C4=C5C6=c7c4c4c8c9c7=c7c%10c%11c%12c(c%13c%14c%15c(c2c2c%16c3c4c3c4c%16c%16c%17c%18c%19c%20c%21c%22c%23c%19c%19c%24c(c%11c%11c(c%25c(c7%11)[C@]9(c7ccc(C(C)(C)C)cc7)c7c(c-%21c(c3c78)C4(c3ccccc3)[C@@H]%20%17)[C@@]%22%25c3ccc(C(C)(C)C)cc3)C%23%24c3ccc(C(C)(C)C)cc3)c3c%12c%14c4c3c%19c%18c3c%16c2c%15c34)[C@@]5%13c2ccc(C(C)(C)C)cc2)[C@@]6%10c2ccc(C(C)(C)C)cc2)cc1.[Ru+].[Ru+].c1cc[cH-]c1.c1cc[cH-]c1. The van der Waals surface area contributed by atoms with Crippen molar-refractivity contribution in [2.45, 2.75) is 201 Å². The van der Waals surface area contributed by atoms with E-state index >= 15 is 0 Å². The Morgan fingerprint density at radius 1 is 0.169 bits per heavy atom. The van der Waals surface area contributed by atoms with Gasteiger partial charge in [0, 0.05) is 5.92 Å². The first-order chi connectivity index (χ1) is 70.4. The molecule has 8 atom stereocenters. The molecule has 0 aliphatic heterocycles. The normalized spacial score (nSPS) is 23.7. The van der Waals surface area contributed by atoms with Gasteiger partial charge in [-0.3, -0.25) is 0 Å². The van der Waals surface area contributed by atoms with Gasteiger partial charge in [0.05, 0.1) is 37.9 Å². The molecule has 3 unspecified atom stereocenters. The Morgan fingerprint density at radius 3 is 0.865 bits per heavy atom. The van der Waals surface area contributed by atoms with Crippen molar-refractivity contribution in [3.63, 3.8) is 0 Å². The summed E-state index contributed by atoms with van der Waals surface area (Å²) in [5, 5.41) is 59.7. The van der Waals surface area contributed by atoms with Gasteiger partial charge in [-0.1, -0.05) is 301 Å². The Hall–Kier alpha value is -13.6. The third kappa shape index (κ3) is 6.26. The Morgan fingerprint density at radius 2 is 0.432 bits per heavy atom. The van der Waals surface area contributed by atoms with Crippen LogP contribution in [0.25, 0.3) is 205 Å². The van der Waals surface area contributed by atoms with Gasteiger partial charge in [-0.05, 0) is 443 Å². The van der Waals surface area contributed by atoms with E-state index in [-0.39, 0.29) is 77.4 Å². The molecule has 27 aromatic rings. The maximum Gasteiger partial charge on any atom is 1.00 e. The molecule has 0 fully saturated rings. The summed E-state index contributed by atoms with van der Waals surface area (Å²) in [4.78, 5) is 0. The molecule has 0 heterocycles. The van der Waals surface area contributed by atoms with E-state index in [1.165, 1.54) is 72.3 Å². The van der Waals surface area contributed by atoms with Crippen molar-refractivity contribution in [1.82, 2.24) is 0 Å². The molecule has 2 heteroatoms. The summed E-state index contributed by atoms with van der Waals surface area (Å²) in [6, 6.07) is 98.4. The number of hydrogen-bond acceptors (Lipinski definition) is 0. The number of rotatable bonds is 7. The summed E-state index contributed by atoms with van der Waals surface area (Å²) >= 11 is 0. The summed E-state index contributed by atoms with van der Waals surface area (Å²) in [6.07, 6.45) is 0. The molecule has 19 aliphatic rings. The number of allylic oxidation sites excluding steroid dienone is 2. The van der Waals surface area contributed by atoms with Gasteiger partial charge in [0.15, 0.2) is 0 Å². The molecule has 0 bridgehead atoms. The van der Waals surface area contributed by atoms with Crippen molar-refractivity contribution in [2.24, 2.45) is 0 Å². The van der Waals surface area contributed by atoms with Gasteiger partial charge in [0.25, 0.3) is 0 Å². The van der Waals surface area contributed by atoms with Crippen LogP contribution in [0.1, 0.15) is 314 Å². The van der Waals surface area contributed by atoms with E-state index in [1.54, 1.807) is 338 Å². The second-order valence-electron chi connectivity index (χ2n) is 55.3. The molecule has 0 amide bonds. The van der Waals surface area contributed by atoms with Gasteiger partial charge in [0.2, 0.25) is 0 Å². The molecule has 19 aliphatic carbocycles. The maximum atomic E-state index is 2.81. The zero-order valence-electron chi connectivity index (χ0n) is 85.8. The molecule has 0 saturated heterocycles. The smallest absolute Gasteiger partial charge is 0.214 e. The first-order valence-corrected chi connectivity index (χ1v) is 54.8. The Kier molecular flexibility index (Phi) is 11.3. The topological polar surface area (TPSA) is 0 Å². The molecule has 27 aromatic carbocycles. The van der Waals surface area contributed by atoms with Crippen molar-refractivity contribution in [3.8, 4) is 11.1 Å². The van der Waals surface area contributed by atoms with E-state index in [0.717, 1.165) is 0 Å². The molecular formula is C146H94Ru2. The van der Waals surface area contributed by atoms with E-state index in [4.69, 9.17) is 0 Å². The molecule has 148 heavy (non-hydrogen) atoms. The molecular weight excluding hydrogens is 1960 g/mol. The van der Waals surface area contributed by atoms with Crippen LogP contribution in [0.5, 0.6) is 0 Å². The average molecular weight is 2050 g/mol. The minimum absolute atomic E-state index is 0. The summed E-state index contributed by atoms with van der Waals surface area (Å²) in [5.74, 6) is -0.0388. The summed E-state index contributed by atoms with van der Waals surface area (Å²) in [7, 11) is 0. The molecule has 0 N–H and O–H groups in total. The van der Waals surface area contributed by atoms with Crippen LogP contribution in [0, 0.1) is 10.4 Å². The molecule has 0 aromatic heterocycles. The molecule has 0 spiro atoms. The van der Waals surface area contributed by atoms with Gasteiger partial charge in [0.1, 0.15) is 0 Å². The molecule has 46 rings (SSSR count). The first-order valence-electron chi connectivity index (χ1n) is 54.8. The van der Waals surface area contributed by atoms with Crippen molar-refractivity contribution in [3.05, 3.63) is 441 Å². The van der Waals surface area contributed by atoms with Gasteiger partial charge < -0.3 is 0 Å². The number of hydrogen-bond donors (Lipinski definition) is 0. The molecule has 0 saturated carbocycles. The zero-order chi connectivity index (χ0) is 96.0. The van der Waals surface area contributed by atoms with Crippen LogP contribution in [0.2, 0.25) is 0 Å². The third-order valence-corrected chi connectivity index (χ3v) is 44.6. The standard InChI is InChI=1S/C136H84.2C5H5.2Ru/c1-124(2,3)48-24-36-55(37-25-48)131-104-79-68-65-63-62-61-64-67(65)80(104)90-75-72(64)78-74-66(61)71-69(62)87-88-70(63)73(68)86-83-76(79)91-99-95-96-100-92-77-84-94-97-98-85(77)108(96)134(58-42-30-51(31-43-58)127(10,11)12)115(98)121-102-101(116(112(90)131)136(121,123(117(91)131)120(99)134)60-46-34-53(35-47-60)129(16,17)18)82(75)103(78)130(109(97)102,54-22-20-19-21-23-54)105(94)81(74)93-89(71)111-114(87)135(59-44-32-52(33-45-59)128(13,14)15)113(88)110(86)133(106(83)95,57-40-28-50(29-41-57)126(7,8)9)119(100)122(135)118(92)132(111,107(84)93)56-38-26-49(27-39-56)125(4,5)6;2*1-2-4-5-3-1;;/h19-47,103H,1-18H3;2*1-5H;;/q;2*-1;2*+1/t103-,130?,131?,132?,133+,134+,135+,136-;;;;/m1..../s1. The Bertz CT molecular complexity index is 11900. The quantitative estimate of drug-likeness (QED) is 0.0646. The second kappa shape index (κ2) is 21.3. The Labute approximate surface area is 879 Å². The van der Waals surface area contributed by atoms with Crippen LogP contribution in [-0.4, -0.2) is 0 Å². The molecule has 2 radical (unpaired) electrons. The predicted octanol–water partition coefficient (Wildman–Crippen LogP) is 34.3. The van der Waals surface area contributed by atoms with Crippen LogP contribution in [0.4, 0.5) is 0 Å². The maximum absolute atomic E-state index is 2.81. The van der Waals surface area contributed by atoms with E-state index in [9.17, 15) is 0 Å². The van der Waals surface area contributed by atoms with Gasteiger partial charge >= 0.3 is 39.0 Å². The van der Waals surface area contributed by atoms with Gasteiger partial charge in [-0.2, -0.15) is 36.4 Å². The fraction of sp³-hybridized carbons (Fsp3) is 0.219. The molecule has 694 valence electrons. The largest absolute Gasteiger partial charge is 1.00 e. The van der Waals surface area contributed by atoms with Crippen LogP contribution in [0.15, 0.2) is 242 Å². The molecule has 0 nitrogen and oxygen atoms in total. The van der Waals surface area contributed by atoms with Gasteiger partial charge in [-0.25, -0.2) is 24.3 Å². The van der Waals surface area contributed by atoms with Gasteiger partial charge in [-0.15, -0.1) is 0 Å². The van der Waals surface area contributed by atoms with Crippen LogP contribution in [0.3, 0.4) is 0 Å². The van der Waals surface area contributed by atoms with E-state index < -0.39 is 37.9 Å². The number of benzene rings is 22. The summed E-state index contributed by atoms with van der Waals surface area (Å²) in [5.41, 5.74) is 54.0. The second-order valence-corrected chi connectivity index (χ2v) is 55.3. The van der Waals surface area contributed by atoms with Crippen molar-refractivity contribution in [2.75, 3.05) is 0 Å². The first kappa shape index (κ1) is 78.7. The average Bonchev–Trinajstić information content (AvgIpc) is 1.37. The predicted molar refractivity (Wildman–Crippen MR) is 604 cm³/mol. The minimum Gasteiger partial charge on any atom is -0.214 e. The van der Waals surface area contributed by atoms with Crippen molar-refractivity contribution < 1.29 is 39.0 Å². The monoisotopic (exact) mass is 2050 g/mol. The van der Waals surface area contributed by atoms with Crippen LogP contribution in [-0.2, 0) is 109 Å². The fourth-order valence-corrected chi connectivity index (χ4v) is 40.9. The van der Waals surface area contributed by atoms with Crippen molar-refractivity contribution >= 4 is 194 Å². The van der Waals surface area contributed by atoms with Crippen LogP contribution < -0.4 is 5.22 Å². The summed E-state index contributed by atoms with van der Waals surface area (Å²) < 4.78 is 0. The van der Waals surface area contributed by atoms with E-state index in [1.807, 2.05) is 60.7 Å². The fourth-order valence-electron chi connectivity index (χ4n) is 40.9.